The molecule has 1 amide bonds. The molecule has 0 aromatic heterocycles. The van der Waals surface area contributed by atoms with E-state index in [0.29, 0.717) is 25.4 Å². The summed E-state index contributed by atoms with van der Waals surface area (Å²) in [7, 11) is 0.132. The summed E-state index contributed by atoms with van der Waals surface area (Å²) in [5.74, 6) is 0.0273. The van der Waals surface area contributed by atoms with Gasteiger partial charge in [0.1, 0.15) is 5.75 Å². The van der Waals surface area contributed by atoms with Crippen LogP contribution >= 0.6 is 0 Å². The van der Waals surface area contributed by atoms with Gasteiger partial charge in [-0.15, -0.1) is 0 Å². The van der Waals surface area contributed by atoms with Gasteiger partial charge in [-0.25, -0.2) is 8.42 Å². The van der Waals surface area contributed by atoms with E-state index in [-0.39, 0.29) is 46.8 Å². The second-order valence-electron chi connectivity index (χ2n) is 10.7. The highest BCUT2D eigenvalue weighted by atomic mass is 32.2. The zero-order chi connectivity index (χ0) is 28.6. The lowest BCUT2D eigenvalue weighted by Crippen LogP contribution is -2.47. The van der Waals surface area contributed by atoms with Gasteiger partial charge in [0.05, 0.1) is 35.3 Å². The molecule has 3 rings (SSSR count). The number of amides is 1. The van der Waals surface area contributed by atoms with E-state index >= 15 is 0 Å². The van der Waals surface area contributed by atoms with E-state index in [1.165, 1.54) is 18.2 Å². The Bertz CT molecular complexity index is 1170. The van der Waals surface area contributed by atoms with Crippen molar-refractivity contribution < 1.29 is 27.8 Å². The van der Waals surface area contributed by atoms with Crippen molar-refractivity contribution in [2.45, 2.75) is 63.2 Å². The molecule has 0 fully saturated rings. The maximum Gasteiger partial charge on any atom is 0.261 e. The fourth-order valence-corrected chi connectivity index (χ4v) is 5.69. The van der Waals surface area contributed by atoms with Gasteiger partial charge >= 0.3 is 0 Å². The maximum absolute atomic E-state index is 14.1. The van der Waals surface area contributed by atoms with Gasteiger partial charge in [-0.1, -0.05) is 25.1 Å². The lowest BCUT2D eigenvalue weighted by molar-refractivity contribution is -0.0137. The van der Waals surface area contributed by atoms with E-state index < -0.39 is 16.1 Å². The van der Waals surface area contributed by atoms with E-state index in [1.807, 2.05) is 27.9 Å². The number of aliphatic hydroxyl groups excluding tert-OH is 1. The standard InChI is InChI=1S/C29H43N3O6S/c1-21-18-32(22(2)20-33)29(34)26-17-24(30-39(35,36)25-12-7-6-8-13-25)14-15-27(26)38-23(3)11-9-10-16-37-28(21)19-31(4)5/h6-8,12-15,17,21-23,28,30,33H,9-11,16,18-20H2,1-5H3/t21-,22-,23-,28-/m0/s1. The summed E-state index contributed by atoms with van der Waals surface area (Å²) < 4.78 is 41.0. The van der Waals surface area contributed by atoms with Crippen molar-refractivity contribution in [1.82, 2.24) is 9.80 Å². The van der Waals surface area contributed by atoms with Crippen LogP contribution in [-0.2, 0) is 14.8 Å². The van der Waals surface area contributed by atoms with Crippen LogP contribution < -0.4 is 9.46 Å². The van der Waals surface area contributed by atoms with Gasteiger partial charge in [-0.2, -0.15) is 0 Å². The molecule has 4 atom stereocenters. The van der Waals surface area contributed by atoms with Gasteiger partial charge in [0.15, 0.2) is 0 Å². The van der Waals surface area contributed by atoms with E-state index in [4.69, 9.17) is 9.47 Å². The van der Waals surface area contributed by atoms with Crippen molar-refractivity contribution in [3.8, 4) is 5.75 Å². The lowest BCUT2D eigenvalue weighted by atomic mass is 10.0. The summed E-state index contributed by atoms with van der Waals surface area (Å²) in [6.45, 7) is 7.27. The molecule has 1 aliphatic heterocycles. The molecule has 2 aromatic carbocycles. The fourth-order valence-electron chi connectivity index (χ4n) is 4.62. The van der Waals surface area contributed by atoms with Crippen molar-refractivity contribution >= 4 is 21.6 Å². The number of carbonyl (C=O) groups is 1. The number of sulfonamides is 1. The van der Waals surface area contributed by atoms with Crippen LogP contribution in [0.4, 0.5) is 5.69 Å². The molecule has 1 aliphatic rings. The minimum absolute atomic E-state index is 0.0173. The number of likely N-dealkylation sites (N-methyl/N-ethyl adjacent to an activating group) is 1. The van der Waals surface area contributed by atoms with E-state index in [0.717, 1.165) is 19.3 Å². The van der Waals surface area contributed by atoms with Crippen molar-refractivity contribution in [1.29, 1.82) is 0 Å². The second-order valence-corrected chi connectivity index (χ2v) is 12.4. The van der Waals surface area contributed by atoms with Gasteiger partial charge in [0.2, 0.25) is 0 Å². The summed E-state index contributed by atoms with van der Waals surface area (Å²) in [5.41, 5.74) is 0.492. The van der Waals surface area contributed by atoms with Gasteiger partial charge < -0.3 is 24.4 Å². The molecule has 1 heterocycles. The topological polar surface area (TPSA) is 108 Å². The third-order valence-electron chi connectivity index (χ3n) is 6.90. The summed E-state index contributed by atoms with van der Waals surface area (Å²) >= 11 is 0. The zero-order valence-electron chi connectivity index (χ0n) is 23.7. The molecule has 0 saturated heterocycles. The number of nitrogens with zero attached hydrogens (tertiary/aromatic N) is 2. The van der Waals surface area contributed by atoms with Gasteiger partial charge in [0.25, 0.3) is 15.9 Å². The number of rotatable bonds is 7. The number of carbonyl (C=O) groups excluding carboxylic acids is 1. The van der Waals surface area contributed by atoms with Crippen LogP contribution in [0.1, 0.15) is 50.4 Å². The SMILES string of the molecule is C[C@H]1CCCCO[C@@H](CN(C)C)[C@@H](C)CN([C@@H](C)CO)C(=O)c2cc(NS(=O)(=O)c3ccccc3)ccc2O1. The summed E-state index contributed by atoms with van der Waals surface area (Å²) in [6.07, 6.45) is 2.33. The van der Waals surface area contributed by atoms with Crippen LogP contribution in [0.3, 0.4) is 0 Å². The Hall–Kier alpha value is -2.66. The molecule has 0 aliphatic carbocycles. The minimum Gasteiger partial charge on any atom is -0.490 e. The highest BCUT2D eigenvalue weighted by Gasteiger charge is 2.30. The highest BCUT2D eigenvalue weighted by molar-refractivity contribution is 7.92. The summed E-state index contributed by atoms with van der Waals surface area (Å²) in [6, 6.07) is 12.4. The van der Waals surface area contributed by atoms with Crippen LogP contribution in [0.15, 0.2) is 53.4 Å². The molecule has 0 bridgehead atoms. The van der Waals surface area contributed by atoms with Crippen molar-refractivity contribution in [3.63, 3.8) is 0 Å². The molecular weight excluding hydrogens is 518 g/mol. The number of benzene rings is 2. The molecule has 10 heteroatoms. The molecule has 2 N–H and O–H groups in total. The van der Waals surface area contributed by atoms with Crippen LogP contribution in [-0.4, -0.2) is 87.9 Å². The summed E-state index contributed by atoms with van der Waals surface area (Å²) in [4.78, 5) is 17.9. The lowest BCUT2D eigenvalue weighted by Gasteiger charge is -2.35. The quantitative estimate of drug-likeness (QED) is 0.529. The molecule has 216 valence electrons. The molecule has 0 unspecified atom stereocenters. The Labute approximate surface area is 233 Å². The average molecular weight is 562 g/mol. The molecule has 9 nitrogen and oxygen atoms in total. The molecule has 0 spiro atoms. The fraction of sp³-hybridized carbons (Fsp3) is 0.552. The third kappa shape index (κ3) is 8.66. The smallest absolute Gasteiger partial charge is 0.261 e. The van der Waals surface area contributed by atoms with E-state index in [2.05, 4.69) is 9.62 Å². The Morgan fingerprint density at radius 2 is 1.85 bits per heavy atom. The minimum atomic E-state index is -3.86. The van der Waals surface area contributed by atoms with E-state index in [1.54, 1.807) is 42.2 Å². The molecule has 2 aromatic rings. The first-order valence-electron chi connectivity index (χ1n) is 13.6. The first-order valence-corrected chi connectivity index (χ1v) is 15.1. The largest absolute Gasteiger partial charge is 0.490 e. The van der Waals surface area contributed by atoms with Crippen molar-refractivity contribution in [2.75, 3.05) is 45.1 Å². The Morgan fingerprint density at radius 3 is 2.51 bits per heavy atom. The van der Waals surface area contributed by atoms with Crippen molar-refractivity contribution in [2.24, 2.45) is 5.92 Å². The highest BCUT2D eigenvalue weighted by Crippen LogP contribution is 2.29. The number of ether oxygens (including phenoxy) is 2. The molecule has 39 heavy (non-hydrogen) atoms. The second kappa shape index (κ2) is 14.1. The average Bonchev–Trinajstić information content (AvgIpc) is 2.90. The number of nitrogens with one attached hydrogen (secondary N) is 1. The first-order chi connectivity index (χ1) is 18.5. The monoisotopic (exact) mass is 561 g/mol. The number of fused-ring (bicyclic) bond motifs is 1. The predicted molar refractivity (Wildman–Crippen MR) is 153 cm³/mol. The van der Waals surface area contributed by atoms with Gasteiger partial charge in [-0.3, -0.25) is 9.52 Å². The summed E-state index contributed by atoms with van der Waals surface area (Å²) in [5, 5.41) is 10.0. The zero-order valence-corrected chi connectivity index (χ0v) is 24.5. The number of hydrogen-bond acceptors (Lipinski definition) is 7. The van der Waals surface area contributed by atoms with Gasteiger partial charge in [0, 0.05) is 31.3 Å². The predicted octanol–water partition coefficient (Wildman–Crippen LogP) is 3.84. The van der Waals surface area contributed by atoms with E-state index in [9.17, 15) is 18.3 Å². The molecule has 0 saturated carbocycles. The Kier molecular flexibility index (Phi) is 11.2. The Morgan fingerprint density at radius 1 is 1.13 bits per heavy atom. The number of anilines is 1. The molecular formula is C29H43N3O6S. The van der Waals surface area contributed by atoms with Crippen LogP contribution in [0, 0.1) is 5.92 Å². The maximum atomic E-state index is 14.1. The van der Waals surface area contributed by atoms with Crippen LogP contribution in [0.2, 0.25) is 0 Å². The number of hydrogen-bond donors (Lipinski definition) is 2. The molecule has 0 radical (unpaired) electrons. The first kappa shape index (κ1) is 30.9. The van der Waals surface area contributed by atoms with Crippen LogP contribution in [0.5, 0.6) is 5.75 Å². The van der Waals surface area contributed by atoms with Crippen molar-refractivity contribution in [3.05, 3.63) is 54.1 Å². The Balaban J connectivity index is 2.02. The van der Waals surface area contributed by atoms with Crippen LogP contribution in [0.25, 0.3) is 0 Å². The number of aliphatic hydroxyl groups is 1. The third-order valence-corrected chi connectivity index (χ3v) is 8.30. The van der Waals surface area contributed by atoms with Gasteiger partial charge in [-0.05, 0) is 77.5 Å². The normalized spacial score (nSPS) is 22.5.